The van der Waals surface area contributed by atoms with Crippen molar-refractivity contribution in [3.05, 3.63) is 0 Å². The normalized spacial score (nSPS) is 30.7. The fourth-order valence-electron chi connectivity index (χ4n) is 1.42. The van der Waals surface area contributed by atoms with Crippen molar-refractivity contribution < 1.29 is 13.9 Å². The SMILES string of the molecule is CCC(=O)C1(CF)CCCO1. The summed E-state index contributed by atoms with van der Waals surface area (Å²) in [6.07, 6.45) is 1.72. The van der Waals surface area contributed by atoms with Gasteiger partial charge in [-0.05, 0) is 12.8 Å². The number of halogens is 1. The second-order valence-corrected chi connectivity index (χ2v) is 2.86. The summed E-state index contributed by atoms with van der Waals surface area (Å²) < 4.78 is 17.6. The molecule has 0 bridgehead atoms. The molecule has 1 aliphatic rings. The zero-order valence-corrected chi connectivity index (χ0v) is 6.73. The Hall–Kier alpha value is -0.440. The molecule has 64 valence electrons. The Labute approximate surface area is 65.7 Å². The van der Waals surface area contributed by atoms with Gasteiger partial charge in [0, 0.05) is 13.0 Å². The van der Waals surface area contributed by atoms with Gasteiger partial charge in [-0.3, -0.25) is 4.79 Å². The fraction of sp³-hybridized carbons (Fsp3) is 0.875. The van der Waals surface area contributed by atoms with Crippen molar-refractivity contribution in [3.63, 3.8) is 0 Å². The molecule has 11 heavy (non-hydrogen) atoms. The van der Waals surface area contributed by atoms with E-state index < -0.39 is 12.3 Å². The van der Waals surface area contributed by atoms with Crippen molar-refractivity contribution in [2.75, 3.05) is 13.3 Å². The van der Waals surface area contributed by atoms with Gasteiger partial charge < -0.3 is 4.74 Å². The summed E-state index contributed by atoms with van der Waals surface area (Å²) in [6.45, 7) is 1.59. The van der Waals surface area contributed by atoms with E-state index in [0.717, 1.165) is 6.42 Å². The first kappa shape index (κ1) is 8.65. The number of rotatable bonds is 3. The van der Waals surface area contributed by atoms with Crippen LogP contribution in [0.4, 0.5) is 4.39 Å². The van der Waals surface area contributed by atoms with Gasteiger partial charge in [-0.2, -0.15) is 0 Å². The Morgan fingerprint density at radius 2 is 2.45 bits per heavy atom. The molecule has 1 heterocycles. The molecule has 3 heteroatoms. The highest BCUT2D eigenvalue weighted by Gasteiger charge is 2.41. The van der Waals surface area contributed by atoms with Crippen LogP contribution in [0, 0.1) is 0 Å². The summed E-state index contributed by atoms with van der Waals surface area (Å²) in [5, 5.41) is 0. The zero-order chi connectivity index (χ0) is 8.32. The number of Topliss-reactive ketones (excluding diaryl/α,β-unsaturated/α-hetero) is 1. The van der Waals surface area contributed by atoms with Crippen LogP contribution in [-0.2, 0) is 9.53 Å². The van der Waals surface area contributed by atoms with E-state index in [4.69, 9.17) is 4.74 Å². The summed E-state index contributed by atoms with van der Waals surface area (Å²) in [5.41, 5.74) is -1.06. The van der Waals surface area contributed by atoms with Crippen molar-refractivity contribution in [2.24, 2.45) is 0 Å². The molecule has 0 aliphatic carbocycles. The summed E-state index contributed by atoms with van der Waals surface area (Å²) in [4.78, 5) is 11.2. The largest absolute Gasteiger partial charge is 0.364 e. The fourth-order valence-corrected chi connectivity index (χ4v) is 1.42. The quantitative estimate of drug-likeness (QED) is 0.625. The standard InChI is InChI=1S/C8H13FO2/c1-2-7(10)8(6-9)4-3-5-11-8/h2-6H2,1H3. The van der Waals surface area contributed by atoms with Gasteiger partial charge in [0.2, 0.25) is 0 Å². The van der Waals surface area contributed by atoms with Crippen molar-refractivity contribution in [2.45, 2.75) is 31.8 Å². The molecule has 1 fully saturated rings. The third-order valence-electron chi connectivity index (χ3n) is 2.15. The maximum Gasteiger partial charge on any atom is 0.167 e. The number of carbonyl (C=O) groups is 1. The smallest absolute Gasteiger partial charge is 0.167 e. The highest BCUT2D eigenvalue weighted by atomic mass is 19.1. The van der Waals surface area contributed by atoms with Gasteiger partial charge in [-0.1, -0.05) is 6.92 Å². The van der Waals surface area contributed by atoms with Crippen LogP contribution in [0.1, 0.15) is 26.2 Å². The minimum Gasteiger partial charge on any atom is -0.364 e. The average molecular weight is 160 g/mol. The van der Waals surface area contributed by atoms with Crippen LogP contribution >= 0.6 is 0 Å². The number of alkyl halides is 1. The molecule has 0 aromatic heterocycles. The van der Waals surface area contributed by atoms with Gasteiger partial charge >= 0.3 is 0 Å². The zero-order valence-electron chi connectivity index (χ0n) is 6.73. The molecule has 0 N–H and O–H groups in total. The predicted octanol–water partition coefficient (Wildman–Crippen LogP) is 1.48. The lowest BCUT2D eigenvalue weighted by Crippen LogP contribution is -2.39. The van der Waals surface area contributed by atoms with Crippen LogP contribution in [0.5, 0.6) is 0 Å². The maximum atomic E-state index is 12.4. The minimum atomic E-state index is -1.06. The maximum absolute atomic E-state index is 12.4. The molecule has 0 spiro atoms. The predicted molar refractivity (Wildman–Crippen MR) is 39.2 cm³/mol. The highest BCUT2D eigenvalue weighted by molar-refractivity contribution is 5.87. The third-order valence-corrected chi connectivity index (χ3v) is 2.15. The van der Waals surface area contributed by atoms with Gasteiger partial charge in [0.1, 0.15) is 6.67 Å². The van der Waals surface area contributed by atoms with Gasteiger partial charge in [0.15, 0.2) is 11.4 Å². The van der Waals surface area contributed by atoms with Gasteiger partial charge in [-0.25, -0.2) is 4.39 Å². The first-order valence-corrected chi connectivity index (χ1v) is 3.98. The molecular formula is C8H13FO2. The molecule has 1 unspecified atom stereocenters. The summed E-state index contributed by atoms with van der Waals surface area (Å²) >= 11 is 0. The number of ketones is 1. The van der Waals surface area contributed by atoms with Crippen molar-refractivity contribution >= 4 is 5.78 Å². The van der Waals surface area contributed by atoms with Gasteiger partial charge in [-0.15, -0.1) is 0 Å². The molecular weight excluding hydrogens is 147 g/mol. The van der Waals surface area contributed by atoms with E-state index in [1.165, 1.54) is 0 Å². The molecule has 0 saturated carbocycles. The molecule has 1 saturated heterocycles. The van der Waals surface area contributed by atoms with E-state index in [9.17, 15) is 9.18 Å². The van der Waals surface area contributed by atoms with E-state index >= 15 is 0 Å². The van der Waals surface area contributed by atoms with E-state index in [1.807, 2.05) is 0 Å². The van der Waals surface area contributed by atoms with E-state index in [1.54, 1.807) is 6.92 Å². The summed E-state index contributed by atoms with van der Waals surface area (Å²) in [5.74, 6) is -0.0995. The topological polar surface area (TPSA) is 26.3 Å². The third kappa shape index (κ3) is 1.43. The Bertz CT molecular complexity index is 150. The minimum absolute atomic E-state index is 0.0995. The second kappa shape index (κ2) is 3.30. The average Bonchev–Trinajstić information content (AvgIpc) is 2.52. The Balaban J connectivity index is 2.66. The van der Waals surface area contributed by atoms with Crippen LogP contribution in [0.3, 0.4) is 0 Å². The second-order valence-electron chi connectivity index (χ2n) is 2.86. The number of hydrogen-bond donors (Lipinski definition) is 0. The Kier molecular flexibility index (Phi) is 2.60. The first-order valence-electron chi connectivity index (χ1n) is 3.98. The monoisotopic (exact) mass is 160 g/mol. The van der Waals surface area contributed by atoms with Crippen LogP contribution in [0.2, 0.25) is 0 Å². The summed E-state index contributed by atoms with van der Waals surface area (Å²) in [6, 6.07) is 0. The lowest BCUT2D eigenvalue weighted by molar-refractivity contribution is -0.140. The molecule has 1 atom stereocenters. The number of hydrogen-bond acceptors (Lipinski definition) is 2. The van der Waals surface area contributed by atoms with E-state index in [-0.39, 0.29) is 5.78 Å². The molecule has 1 aliphatic heterocycles. The molecule has 0 aromatic carbocycles. The van der Waals surface area contributed by atoms with Crippen molar-refractivity contribution in [1.82, 2.24) is 0 Å². The van der Waals surface area contributed by atoms with Crippen molar-refractivity contribution in [1.29, 1.82) is 0 Å². The van der Waals surface area contributed by atoms with Crippen LogP contribution in [0.25, 0.3) is 0 Å². The number of ether oxygens (including phenoxy) is 1. The first-order chi connectivity index (χ1) is 5.25. The molecule has 1 rings (SSSR count). The molecule has 0 amide bonds. The lowest BCUT2D eigenvalue weighted by atomic mass is 9.95. The van der Waals surface area contributed by atoms with Gasteiger partial charge in [0.05, 0.1) is 0 Å². The van der Waals surface area contributed by atoms with Crippen LogP contribution in [0.15, 0.2) is 0 Å². The lowest BCUT2D eigenvalue weighted by Gasteiger charge is -2.21. The number of carbonyl (C=O) groups excluding carboxylic acids is 1. The molecule has 0 aromatic rings. The molecule has 2 nitrogen and oxygen atoms in total. The van der Waals surface area contributed by atoms with Crippen molar-refractivity contribution in [3.8, 4) is 0 Å². The molecule has 0 radical (unpaired) electrons. The summed E-state index contributed by atoms with van der Waals surface area (Å²) in [7, 11) is 0. The highest BCUT2D eigenvalue weighted by Crippen LogP contribution is 2.28. The Morgan fingerprint density at radius 3 is 2.82 bits per heavy atom. The van der Waals surface area contributed by atoms with E-state index in [0.29, 0.717) is 19.4 Å². The van der Waals surface area contributed by atoms with Crippen LogP contribution < -0.4 is 0 Å². The Morgan fingerprint density at radius 1 is 1.73 bits per heavy atom. The van der Waals surface area contributed by atoms with E-state index in [2.05, 4.69) is 0 Å². The van der Waals surface area contributed by atoms with Gasteiger partial charge in [0.25, 0.3) is 0 Å². The van der Waals surface area contributed by atoms with Crippen LogP contribution in [-0.4, -0.2) is 24.7 Å².